The molecule has 2 heteroatoms. The van der Waals surface area contributed by atoms with Crippen LogP contribution in [0, 0.1) is 0 Å². The topological polar surface area (TPSA) is 25.1 Å². The lowest BCUT2D eigenvalue weighted by atomic mass is 10.5. The van der Waals surface area contributed by atoms with Crippen LogP contribution in [0.15, 0.2) is 24.8 Å². The number of hydrogen-bond donors (Lipinski definition) is 0. The predicted molar refractivity (Wildman–Crippen MR) is 25.3 cm³/mol. The van der Waals surface area contributed by atoms with Crippen LogP contribution in [0.2, 0.25) is 0 Å². The van der Waals surface area contributed by atoms with Crippen LogP contribution in [0.1, 0.15) is 0 Å². The molecule has 0 unspecified atom stereocenters. The van der Waals surface area contributed by atoms with E-state index in [-0.39, 0.29) is 6.29 Å². The Bertz CT molecular complexity index is 92.3. The van der Waals surface area contributed by atoms with Gasteiger partial charge in [0.05, 0.1) is 0 Å². The van der Waals surface area contributed by atoms with E-state index in [2.05, 4.69) is 16.4 Å². The molecule has 0 aromatic carbocycles. The Morgan fingerprint density at radius 2 is 2.14 bits per heavy atom. The zero-order valence-corrected chi connectivity index (χ0v) is 3.83. The van der Waals surface area contributed by atoms with Gasteiger partial charge in [-0.1, -0.05) is 18.7 Å². The summed E-state index contributed by atoms with van der Waals surface area (Å²) in [5, 5.41) is 0. The average molecular weight is 98.1 g/mol. The quantitative estimate of drug-likeness (QED) is 0.292. The molecule has 1 heterocycles. The van der Waals surface area contributed by atoms with Gasteiger partial charge in [0.15, 0.2) is 0 Å². The Kier molecular flexibility index (Phi) is 1.24. The molecule has 0 aromatic heterocycles. The first kappa shape index (κ1) is 4.56. The van der Waals surface area contributed by atoms with E-state index in [1.165, 1.54) is 0 Å². The molecule has 0 aromatic rings. The van der Waals surface area contributed by atoms with Crippen molar-refractivity contribution in [1.82, 2.24) is 0 Å². The summed E-state index contributed by atoms with van der Waals surface area (Å²) in [6.07, 6.45) is 5.12. The predicted octanol–water partition coefficient (Wildman–Crippen LogP) is 1.02. The molecule has 0 N–H and O–H groups in total. The monoisotopic (exact) mass is 98.0 g/mol. The molecule has 1 rings (SSSR count). The molecule has 1 fully saturated rings. The van der Waals surface area contributed by atoms with Crippen molar-refractivity contribution in [2.24, 2.45) is 0 Å². The van der Waals surface area contributed by atoms with E-state index in [1.807, 2.05) is 0 Å². The van der Waals surface area contributed by atoms with Crippen LogP contribution >= 0.6 is 0 Å². The fourth-order valence-corrected chi connectivity index (χ4v) is 0.266. The fraction of sp³-hybridized carbons (Fsp3) is 0.200. The normalized spacial score (nSPS) is 20.6. The van der Waals surface area contributed by atoms with Crippen LogP contribution < -0.4 is 0 Å². The first-order valence-corrected chi connectivity index (χ1v) is 2.05. The largest absolute Gasteiger partial charge is 0.243 e. The molecule has 0 aliphatic carbocycles. The lowest BCUT2D eigenvalue weighted by Gasteiger charge is -1.63. The highest BCUT2D eigenvalue weighted by atomic mass is 17.4. The van der Waals surface area contributed by atoms with Crippen molar-refractivity contribution in [1.29, 1.82) is 0 Å². The molecule has 38 valence electrons. The lowest BCUT2D eigenvalue weighted by Crippen LogP contribution is -1.68. The Morgan fingerprint density at radius 3 is 2.57 bits per heavy atom. The van der Waals surface area contributed by atoms with Crippen molar-refractivity contribution >= 4 is 0 Å². The van der Waals surface area contributed by atoms with E-state index in [9.17, 15) is 0 Å². The Balaban J connectivity index is 2.17. The molecule has 0 atom stereocenters. The third-order valence-electron chi connectivity index (χ3n) is 0.612. The molecule has 0 bridgehead atoms. The maximum Gasteiger partial charge on any atom is 0.243 e. The fourth-order valence-electron chi connectivity index (χ4n) is 0.266. The summed E-state index contributed by atoms with van der Waals surface area (Å²) in [6.45, 7) is 3.46. The summed E-state index contributed by atoms with van der Waals surface area (Å²) in [6, 6.07) is 0. The molecule has 2 nitrogen and oxygen atoms in total. The van der Waals surface area contributed by atoms with Crippen LogP contribution in [-0.4, -0.2) is 6.29 Å². The van der Waals surface area contributed by atoms with Crippen molar-refractivity contribution in [3.8, 4) is 0 Å². The molecule has 0 radical (unpaired) electrons. The van der Waals surface area contributed by atoms with Gasteiger partial charge in [-0.3, -0.25) is 0 Å². The number of rotatable bonds is 2. The summed E-state index contributed by atoms with van der Waals surface area (Å²) in [7, 11) is 0. The minimum Gasteiger partial charge on any atom is -0.194 e. The van der Waals surface area contributed by atoms with Gasteiger partial charge in [-0.2, -0.15) is 9.78 Å². The molecular weight excluding hydrogens is 92.1 g/mol. The summed E-state index contributed by atoms with van der Waals surface area (Å²) in [5.41, 5.74) is 0. The van der Waals surface area contributed by atoms with Crippen LogP contribution in [0.3, 0.4) is 0 Å². The van der Waals surface area contributed by atoms with Crippen molar-refractivity contribution in [2.75, 3.05) is 0 Å². The third-order valence-corrected chi connectivity index (χ3v) is 0.612. The molecular formula is C5H6O2. The van der Waals surface area contributed by atoms with Crippen LogP contribution in [0.5, 0.6) is 0 Å². The summed E-state index contributed by atoms with van der Waals surface area (Å²) < 4.78 is 0. The average Bonchev–Trinajstić information content (AvgIpc) is 2.42. The second kappa shape index (κ2) is 1.91. The summed E-state index contributed by atoms with van der Waals surface area (Å²) in [5.74, 6) is 0. The zero-order chi connectivity index (χ0) is 5.11. The zero-order valence-electron chi connectivity index (χ0n) is 3.83. The van der Waals surface area contributed by atoms with E-state index in [0.717, 1.165) is 0 Å². The second-order valence-corrected chi connectivity index (χ2v) is 1.18. The van der Waals surface area contributed by atoms with Gasteiger partial charge in [0.2, 0.25) is 6.29 Å². The van der Waals surface area contributed by atoms with Gasteiger partial charge >= 0.3 is 0 Å². The molecule has 0 amide bonds. The van der Waals surface area contributed by atoms with Gasteiger partial charge < -0.3 is 0 Å². The Morgan fingerprint density at radius 1 is 1.43 bits per heavy atom. The Hall–Kier alpha value is -0.600. The minimum atomic E-state index is -0.0991. The van der Waals surface area contributed by atoms with Gasteiger partial charge in [0, 0.05) is 0 Å². The van der Waals surface area contributed by atoms with E-state index in [0.29, 0.717) is 0 Å². The van der Waals surface area contributed by atoms with E-state index in [1.54, 1.807) is 18.2 Å². The molecule has 1 saturated heterocycles. The van der Waals surface area contributed by atoms with Gasteiger partial charge in [-0.05, 0) is 6.08 Å². The van der Waals surface area contributed by atoms with Gasteiger partial charge in [0.1, 0.15) is 0 Å². The molecule has 0 spiro atoms. The SMILES string of the molecule is C=C/C=C/C1OO1. The summed E-state index contributed by atoms with van der Waals surface area (Å²) in [4.78, 5) is 8.75. The molecule has 1 aliphatic heterocycles. The maximum absolute atomic E-state index is 4.38. The highest BCUT2D eigenvalue weighted by Gasteiger charge is 2.20. The van der Waals surface area contributed by atoms with E-state index in [4.69, 9.17) is 0 Å². The molecule has 1 aliphatic rings. The highest BCUT2D eigenvalue weighted by Crippen LogP contribution is 2.12. The first-order chi connectivity index (χ1) is 3.43. The molecule has 7 heavy (non-hydrogen) atoms. The minimum absolute atomic E-state index is 0.0991. The van der Waals surface area contributed by atoms with E-state index < -0.39 is 0 Å². The van der Waals surface area contributed by atoms with Gasteiger partial charge in [-0.15, -0.1) is 0 Å². The van der Waals surface area contributed by atoms with Crippen LogP contribution in [-0.2, 0) is 9.78 Å². The van der Waals surface area contributed by atoms with Crippen LogP contribution in [0.25, 0.3) is 0 Å². The molecule has 0 saturated carbocycles. The van der Waals surface area contributed by atoms with Crippen LogP contribution in [0.4, 0.5) is 0 Å². The number of hydrogen-bond acceptors (Lipinski definition) is 2. The third kappa shape index (κ3) is 1.52. The van der Waals surface area contributed by atoms with Gasteiger partial charge in [-0.25, -0.2) is 0 Å². The van der Waals surface area contributed by atoms with Gasteiger partial charge in [0.25, 0.3) is 0 Å². The first-order valence-electron chi connectivity index (χ1n) is 2.05. The highest BCUT2D eigenvalue weighted by molar-refractivity contribution is 4.99. The number of allylic oxidation sites excluding steroid dienone is 2. The Labute approximate surface area is 42.0 Å². The second-order valence-electron chi connectivity index (χ2n) is 1.18. The van der Waals surface area contributed by atoms with Crippen molar-refractivity contribution in [3.05, 3.63) is 24.8 Å². The summed E-state index contributed by atoms with van der Waals surface area (Å²) >= 11 is 0. The lowest BCUT2D eigenvalue weighted by molar-refractivity contribution is 0.0850. The van der Waals surface area contributed by atoms with Crippen molar-refractivity contribution in [2.45, 2.75) is 6.29 Å². The maximum atomic E-state index is 4.38. The van der Waals surface area contributed by atoms with E-state index >= 15 is 0 Å². The van der Waals surface area contributed by atoms with Crippen molar-refractivity contribution < 1.29 is 9.78 Å². The van der Waals surface area contributed by atoms with Crippen molar-refractivity contribution in [3.63, 3.8) is 0 Å². The smallest absolute Gasteiger partial charge is 0.194 e. The standard InChI is InChI=1S/C5H6O2/c1-2-3-4-5-6-7-5/h2-5H,1H2/b4-3+.